The van der Waals surface area contributed by atoms with Gasteiger partial charge in [-0.2, -0.15) is 0 Å². The van der Waals surface area contributed by atoms with Crippen LogP contribution < -0.4 is 16.7 Å². The van der Waals surface area contributed by atoms with Gasteiger partial charge in [0.25, 0.3) is 0 Å². The quantitative estimate of drug-likeness (QED) is 0.715. The highest BCUT2D eigenvalue weighted by Gasteiger charge is 2.11. The zero-order chi connectivity index (χ0) is 18.7. The van der Waals surface area contributed by atoms with E-state index in [4.69, 9.17) is 21.8 Å². The zero-order valence-electron chi connectivity index (χ0n) is 13.5. The van der Waals surface area contributed by atoms with E-state index in [1.54, 1.807) is 30.3 Å². The van der Waals surface area contributed by atoms with Gasteiger partial charge in [-0.25, -0.2) is 9.78 Å². The molecule has 1 heterocycles. The van der Waals surface area contributed by atoms with Gasteiger partial charge in [-0.05, 0) is 42.5 Å². The lowest BCUT2D eigenvalue weighted by Gasteiger charge is -2.06. The second kappa shape index (κ2) is 7.37. The third-order valence-corrected chi connectivity index (χ3v) is 3.89. The van der Waals surface area contributed by atoms with Gasteiger partial charge < -0.3 is 15.5 Å². The summed E-state index contributed by atoms with van der Waals surface area (Å²) in [5.74, 6) is -0.846. The number of nitrogens with two attached hydrogens (primary N) is 1. The monoisotopic (exact) mass is 371 g/mol. The number of fused-ring (bicyclic) bond motifs is 1. The number of hydrogen-bond acceptors (Lipinski definition) is 5. The molecule has 0 saturated carbocycles. The summed E-state index contributed by atoms with van der Waals surface area (Å²) in [6.45, 7) is 0. The van der Waals surface area contributed by atoms with Crippen LogP contribution in [0, 0.1) is 0 Å². The highest BCUT2D eigenvalue weighted by molar-refractivity contribution is 6.31. The van der Waals surface area contributed by atoms with E-state index in [2.05, 4.69) is 10.3 Å². The van der Waals surface area contributed by atoms with E-state index in [0.717, 1.165) is 0 Å². The minimum atomic E-state index is -0.585. The summed E-state index contributed by atoms with van der Waals surface area (Å²) in [4.78, 5) is 39.2. The van der Waals surface area contributed by atoms with Gasteiger partial charge in [0, 0.05) is 29.1 Å². The first-order chi connectivity index (χ1) is 12.4. The predicted molar refractivity (Wildman–Crippen MR) is 97.2 cm³/mol. The van der Waals surface area contributed by atoms with Crippen LogP contribution in [0.4, 0.5) is 5.69 Å². The molecule has 7 nitrogen and oxygen atoms in total. The van der Waals surface area contributed by atoms with E-state index in [-0.39, 0.29) is 24.4 Å². The van der Waals surface area contributed by atoms with Gasteiger partial charge in [-0.3, -0.25) is 9.59 Å². The zero-order valence-corrected chi connectivity index (χ0v) is 14.2. The Morgan fingerprint density at radius 3 is 2.58 bits per heavy atom. The topological polar surface area (TPSA) is 115 Å². The fourth-order valence-corrected chi connectivity index (χ4v) is 2.51. The van der Waals surface area contributed by atoms with Crippen LogP contribution in [0.3, 0.4) is 0 Å². The third kappa shape index (κ3) is 4.07. The minimum Gasteiger partial charge on any atom is -0.420 e. The Kier molecular flexibility index (Phi) is 4.99. The molecule has 0 spiro atoms. The average Bonchev–Trinajstić information content (AvgIpc) is 2.60. The van der Waals surface area contributed by atoms with Gasteiger partial charge in [0.15, 0.2) is 5.58 Å². The van der Waals surface area contributed by atoms with Gasteiger partial charge in [0.2, 0.25) is 11.8 Å². The smallest absolute Gasteiger partial charge is 0.358 e. The fourth-order valence-electron chi connectivity index (χ4n) is 2.35. The van der Waals surface area contributed by atoms with Crippen LogP contribution in [0.15, 0.2) is 51.7 Å². The largest absolute Gasteiger partial charge is 0.420 e. The Labute approximate surface area is 152 Å². The molecule has 1 aromatic heterocycles. The highest BCUT2D eigenvalue weighted by atomic mass is 35.5. The van der Waals surface area contributed by atoms with E-state index in [0.29, 0.717) is 27.4 Å². The van der Waals surface area contributed by atoms with Crippen LogP contribution >= 0.6 is 11.6 Å². The number of rotatable bonds is 5. The summed E-state index contributed by atoms with van der Waals surface area (Å²) in [7, 11) is 0. The van der Waals surface area contributed by atoms with Gasteiger partial charge in [0.1, 0.15) is 11.2 Å². The van der Waals surface area contributed by atoms with Crippen molar-refractivity contribution in [3.8, 4) is 0 Å². The van der Waals surface area contributed by atoms with Crippen molar-refractivity contribution >= 4 is 40.2 Å². The maximum Gasteiger partial charge on any atom is 0.358 e. The first-order valence-corrected chi connectivity index (χ1v) is 8.09. The Morgan fingerprint density at radius 1 is 1.15 bits per heavy atom. The molecule has 2 amide bonds. The molecule has 132 valence electrons. The van der Waals surface area contributed by atoms with Crippen molar-refractivity contribution in [2.75, 3.05) is 5.32 Å². The summed E-state index contributed by atoms with van der Waals surface area (Å²) < 4.78 is 5.18. The van der Waals surface area contributed by atoms with Gasteiger partial charge in [-0.1, -0.05) is 11.6 Å². The lowest BCUT2D eigenvalue weighted by atomic mass is 10.2. The van der Waals surface area contributed by atoms with Crippen molar-refractivity contribution in [1.29, 1.82) is 0 Å². The van der Waals surface area contributed by atoms with Crippen molar-refractivity contribution in [3.63, 3.8) is 0 Å². The number of aryl methyl sites for hydroxylation is 1. The highest BCUT2D eigenvalue weighted by Crippen LogP contribution is 2.17. The third-order valence-electron chi connectivity index (χ3n) is 3.66. The van der Waals surface area contributed by atoms with E-state index in [9.17, 15) is 14.4 Å². The number of aromatic nitrogens is 1. The number of carbonyl (C=O) groups excluding carboxylic acids is 2. The lowest BCUT2D eigenvalue weighted by molar-refractivity contribution is -0.116. The second-order valence-corrected chi connectivity index (χ2v) is 5.99. The molecule has 0 saturated heterocycles. The van der Waals surface area contributed by atoms with Crippen molar-refractivity contribution in [3.05, 3.63) is 69.2 Å². The van der Waals surface area contributed by atoms with Gasteiger partial charge >= 0.3 is 5.63 Å². The Balaban J connectivity index is 1.67. The summed E-state index contributed by atoms with van der Waals surface area (Å²) in [6, 6.07) is 10.9. The van der Waals surface area contributed by atoms with Crippen molar-refractivity contribution < 1.29 is 14.0 Å². The number of nitrogens with zero attached hydrogens (tertiary/aromatic N) is 1. The molecule has 0 aliphatic heterocycles. The van der Waals surface area contributed by atoms with Crippen molar-refractivity contribution in [1.82, 2.24) is 4.98 Å². The standard InChI is InChI=1S/C18H14ClN3O4/c19-11-3-7-15-14(9-11)22-13(18(25)26-15)6-8-16(23)21-12-4-1-10(2-5-12)17(20)24/h1-5,7,9H,6,8H2,(H2,20,24)(H,21,23). The number of carbonyl (C=O) groups is 2. The molecular weight excluding hydrogens is 358 g/mol. The molecule has 0 fully saturated rings. The number of anilines is 1. The fraction of sp³-hybridized carbons (Fsp3) is 0.111. The van der Waals surface area contributed by atoms with E-state index in [1.807, 2.05) is 0 Å². The molecule has 26 heavy (non-hydrogen) atoms. The van der Waals surface area contributed by atoms with Crippen LogP contribution in [0.2, 0.25) is 5.02 Å². The van der Waals surface area contributed by atoms with Gasteiger partial charge in [0.05, 0.1) is 0 Å². The Hall–Kier alpha value is -3.19. The maximum atomic E-state index is 12.0. The second-order valence-electron chi connectivity index (χ2n) is 5.55. The molecular formula is C18H14ClN3O4. The molecule has 0 aliphatic rings. The first kappa shape index (κ1) is 17.6. The number of amides is 2. The summed E-state index contributed by atoms with van der Waals surface area (Å²) >= 11 is 5.91. The molecule has 0 bridgehead atoms. The molecule has 0 aliphatic carbocycles. The Morgan fingerprint density at radius 2 is 1.88 bits per heavy atom. The number of nitrogens with one attached hydrogen (secondary N) is 1. The Bertz CT molecular complexity index is 1040. The van der Waals surface area contributed by atoms with E-state index >= 15 is 0 Å². The van der Waals surface area contributed by atoms with Crippen LogP contribution in [0.25, 0.3) is 11.1 Å². The van der Waals surface area contributed by atoms with Gasteiger partial charge in [-0.15, -0.1) is 0 Å². The minimum absolute atomic E-state index is 0.0431. The van der Waals surface area contributed by atoms with Crippen molar-refractivity contribution in [2.24, 2.45) is 5.73 Å². The molecule has 2 aromatic carbocycles. The predicted octanol–water partition coefficient (Wildman–Crippen LogP) is 2.51. The SMILES string of the molecule is NC(=O)c1ccc(NC(=O)CCc2nc3cc(Cl)ccc3oc2=O)cc1. The average molecular weight is 372 g/mol. The number of primary amides is 1. The number of halogens is 1. The molecule has 0 radical (unpaired) electrons. The summed E-state index contributed by atoms with van der Waals surface area (Å²) in [5, 5.41) is 3.15. The van der Waals surface area contributed by atoms with Crippen LogP contribution in [0.1, 0.15) is 22.5 Å². The summed E-state index contributed by atoms with van der Waals surface area (Å²) in [6.07, 6.45) is 0.164. The van der Waals surface area contributed by atoms with E-state index in [1.165, 1.54) is 12.1 Å². The van der Waals surface area contributed by atoms with Crippen LogP contribution in [-0.2, 0) is 11.2 Å². The molecule has 0 atom stereocenters. The van der Waals surface area contributed by atoms with Crippen LogP contribution in [0.5, 0.6) is 0 Å². The molecule has 0 unspecified atom stereocenters. The maximum absolute atomic E-state index is 12.0. The lowest BCUT2D eigenvalue weighted by Crippen LogP contribution is -2.17. The molecule has 8 heteroatoms. The molecule has 3 rings (SSSR count). The van der Waals surface area contributed by atoms with Crippen molar-refractivity contribution in [2.45, 2.75) is 12.8 Å². The van der Waals surface area contributed by atoms with E-state index < -0.39 is 11.5 Å². The summed E-state index contributed by atoms with van der Waals surface area (Å²) in [5.41, 5.74) is 6.38. The molecule has 3 N–H and O–H groups in total. The number of benzene rings is 2. The normalized spacial score (nSPS) is 10.7. The first-order valence-electron chi connectivity index (χ1n) is 7.71. The number of hydrogen-bond donors (Lipinski definition) is 2. The molecule has 3 aromatic rings. The van der Waals surface area contributed by atoms with Crippen LogP contribution in [-0.4, -0.2) is 16.8 Å².